The van der Waals surface area contributed by atoms with E-state index in [0.717, 1.165) is 0 Å². The van der Waals surface area contributed by atoms with E-state index in [1.807, 2.05) is 0 Å². The number of piperidine rings is 1. The summed E-state index contributed by atoms with van der Waals surface area (Å²) in [5.74, 6) is -0.549. The fraction of sp³-hybridized carbons (Fsp3) is 0.500. The minimum atomic E-state index is -3.67. The summed E-state index contributed by atoms with van der Waals surface area (Å²) >= 11 is 0. The van der Waals surface area contributed by atoms with Crippen LogP contribution >= 0.6 is 0 Å². The molecule has 1 saturated heterocycles. The number of imidazole rings is 1. The predicted octanol–water partition coefficient (Wildman–Crippen LogP) is 0.451. The number of rotatable bonds is 3. The van der Waals surface area contributed by atoms with Gasteiger partial charge in [0.25, 0.3) is 0 Å². The highest BCUT2D eigenvalue weighted by molar-refractivity contribution is 7.89. The summed E-state index contributed by atoms with van der Waals surface area (Å²) in [6.07, 6.45) is 0.885. The van der Waals surface area contributed by atoms with Gasteiger partial charge in [-0.25, -0.2) is 13.2 Å². The number of ether oxygens (including phenoxy) is 1. The van der Waals surface area contributed by atoms with Crippen LogP contribution in [0.15, 0.2) is 27.9 Å². The Morgan fingerprint density at radius 3 is 2.32 bits per heavy atom. The molecule has 0 bridgehead atoms. The number of carbonyl (C=O) groups excluding carboxylic acids is 1. The summed E-state index contributed by atoms with van der Waals surface area (Å²) in [5.41, 5.74) is 1.04. The van der Waals surface area contributed by atoms with E-state index in [0.29, 0.717) is 23.9 Å². The van der Waals surface area contributed by atoms with Gasteiger partial charge in [-0.1, -0.05) is 0 Å². The maximum atomic E-state index is 12.9. The second kappa shape index (κ2) is 6.30. The third kappa shape index (κ3) is 2.87. The van der Waals surface area contributed by atoms with Crippen LogP contribution in [0.25, 0.3) is 11.0 Å². The van der Waals surface area contributed by atoms with Gasteiger partial charge in [-0.05, 0) is 31.0 Å². The highest BCUT2D eigenvalue weighted by Gasteiger charge is 2.32. The molecule has 3 rings (SSSR count). The SMILES string of the molecule is COC(=O)C1CCN(S(=O)(=O)c2ccc3c(c2)n(C)c(=O)n3C)CC1. The molecular formula is C16H21N3O5S. The van der Waals surface area contributed by atoms with Gasteiger partial charge in [0.05, 0.1) is 29.0 Å². The van der Waals surface area contributed by atoms with Gasteiger partial charge in [0.2, 0.25) is 10.0 Å². The molecule has 8 nitrogen and oxygen atoms in total. The second-order valence-corrected chi connectivity index (χ2v) is 8.19. The lowest BCUT2D eigenvalue weighted by atomic mass is 9.99. The van der Waals surface area contributed by atoms with E-state index in [4.69, 9.17) is 4.74 Å². The van der Waals surface area contributed by atoms with Crippen LogP contribution in [0.3, 0.4) is 0 Å². The van der Waals surface area contributed by atoms with Gasteiger partial charge >= 0.3 is 11.7 Å². The van der Waals surface area contributed by atoms with E-state index in [9.17, 15) is 18.0 Å². The average molecular weight is 367 g/mol. The zero-order chi connectivity index (χ0) is 18.4. The van der Waals surface area contributed by atoms with E-state index in [-0.39, 0.29) is 35.6 Å². The third-order valence-corrected chi connectivity index (χ3v) is 6.76. The fourth-order valence-corrected chi connectivity index (χ4v) is 4.78. The molecule has 0 atom stereocenters. The predicted molar refractivity (Wildman–Crippen MR) is 91.7 cm³/mol. The van der Waals surface area contributed by atoms with Crippen molar-refractivity contribution < 1.29 is 17.9 Å². The summed E-state index contributed by atoms with van der Waals surface area (Å²) in [7, 11) is 0.928. The van der Waals surface area contributed by atoms with Gasteiger partial charge in [-0.2, -0.15) is 4.31 Å². The fourth-order valence-electron chi connectivity index (χ4n) is 3.29. The number of benzene rings is 1. The van der Waals surface area contributed by atoms with Crippen LogP contribution in [0.1, 0.15) is 12.8 Å². The molecular weight excluding hydrogens is 346 g/mol. The highest BCUT2D eigenvalue weighted by Crippen LogP contribution is 2.26. The molecule has 1 fully saturated rings. The van der Waals surface area contributed by atoms with Gasteiger partial charge < -0.3 is 4.74 Å². The molecule has 0 saturated carbocycles. The Hall–Kier alpha value is -2.13. The normalized spacial score (nSPS) is 17.1. The van der Waals surface area contributed by atoms with Crippen molar-refractivity contribution in [2.45, 2.75) is 17.7 Å². The molecule has 2 aromatic rings. The van der Waals surface area contributed by atoms with Crippen molar-refractivity contribution in [2.24, 2.45) is 20.0 Å². The summed E-state index contributed by atoms with van der Waals surface area (Å²) < 4.78 is 34.8. The molecule has 0 unspecified atom stereocenters. The summed E-state index contributed by atoms with van der Waals surface area (Å²) in [4.78, 5) is 23.7. The number of aromatic nitrogens is 2. The van der Waals surface area contributed by atoms with Gasteiger partial charge in [-0.3, -0.25) is 13.9 Å². The number of hydrogen-bond acceptors (Lipinski definition) is 5. The molecule has 1 aromatic carbocycles. The first-order valence-electron chi connectivity index (χ1n) is 8.01. The number of methoxy groups -OCH3 is 1. The lowest BCUT2D eigenvalue weighted by molar-refractivity contribution is -0.146. The van der Waals surface area contributed by atoms with Crippen molar-refractivity contribution in [1.82, 2.24) is 13.4 Å². The Morgan fingerprint density at radius 2 is 1.72 bits per heavy atom. The van der Waals surface area contributed by atoms with Gasteiger partial charge in [-0.15, -0.1) is 0 Å². The van der Waals surface area contributed by atoms with E-state index in [1.165, 1.54) is 32.7 Å². The smallest absolute Gasteiger partial charge is 0.328 e. The lowest BCUT2D eigenvalue weighted by Crippen LogP contribution is -2.40. The van der Waals surface area contributed by atoms with Crippen LogP contribution in [0.4, 0.5) is 0 Å². The molecule has 0 N–H and O–H groups in total. The summed E-state index contributed by atoms with van der Waals surface area (Å²) in [6, 6.07) is 4.69. The standard InChI is InChI=1S/C16H21N3O5S/c1-17-13-5-4-12(10-14(13)18(2)16(17)21)25(22,23)19-8-6-11(7-9-19)15(20)24-3/h4-5,10-11H,6-9H2,1-3H3. The Morgan fingerprint density at radius 1 is 1.12 bits per heavy atom. The molecule has 1 aliphatic rings. The maximum Gasteiger partial charge on any atom is 0.328 e. The number of fused-ring (bicyclic) bond motifs is 1. The van der Waals surface area contributed by atoms with Crippen LogP contribution in [-0.4, -0.2) is 48.0 Å². The van der Waals surface area contributed by atoms with E-state index >= 15 is 0 Å². The molecule has 0 aliphatic carbocycles. The van der Waals surface area contributed by atoms with Gasteiger partial charge in [0.15, 0.2) is 0 Å². The molecule has 0 amide bonds. The third-order valence-electron chi connectivity index (χ3n) is 4.87. The lowest BCUT2D eigenvalue weighted by Gasteiger charge is -2.29. The summed E-state index contributed by atoms with van der Waals surface area (Å²) in [5, 5.41) is 0. The molecule has 25 heavy (non-hydrogen) atoms. The monoisotopic (exact) mass is 367 g/mol. The van der Waals surface area contributed by atoms with E-state index in [2.05, 4.69) is 0 Å². The average Bonchev–Trinajstić information content (AvgIpc) is 2.85. The van der Waals surface area contributed by atoms with E-state index in [1.54, 1.807) is 20.2 Å². The van der Waals surface area contributed by atoms with Crippen molar-refractivity contribution in [1.29, 1.82) is 0 Å². The van der Waals surface area contributed by atoms with Crippen LogP contribution < -0.4 is 5.69 Å². The van der Waals surface area contributed by atoms with Crippen LogP contribution in [0, 0.1) is 5.92 Å². The van der Waals surface area contributed by atoms with E-state index < -0.39 is 10.0 Å². The first-order chi connectivity index (χ1) is 11.8. The number of nitrogens with zero attached hydrogens (tertiary/aromatic N) is 3. The van der Waals surface area contributed by atoms with Crippen LogP contribution in [0.2, 0.25) is 0 Å². The van der Waals surface area contributed by atoms with Gasteiger partial charge in [0.1, 0.15) is 0 Å². The van der Waals surface area contributed by atoms with Crippen molar-refractivity contribution in [2.75, 3.05) is 20.2 Å². The first kappa shape index (κ1) is 17.7. The van der Waals surface area contributed by atoms with Crippen molar-refractivity contribution in [3.05, 3.63) is 28.7 Å². The minimum absolute atomic E-state index is 0.151. The first-order valence-corrected chi connectivity index (χ1v) is 9.45. The Balaban J connectivity index is 1.91. The number of aryl methyl sites for hydroxylation is 2. The molecule has 0 spiro atoms. The topological polar surface area (TPSA) is 90.6 Å². The number of carbonyl (C=O) groups is 1. The zero-order valence-corrected chi connectivity index (χ0v) is 15.2. The molecule has 0 radical (unpaired) electrons. The minimum Gasteiger partial charge on any atom is -0.469 e. The quantitative estimate of drug-likeness (QED) is 0.735. The molecule has 136 valence electrons. The molecule has 1 aromatic heterocycles. The maximum absolute atomic E-state index is 12.9. The Kier molecular flexibility index (Phi) is 4.46. The van der Waals surface area contributed by atoms with Crippen molar-refractivity contribution in [3.8, 4) is 0 Å². The Bertz CT molecular complexity index is 981. The number of hydrogen-bond donors (Lipinski definition) is 0. The molecule has 9 heteroatoms. The number of esters is 1. The molecule has 1 aliphatic heterocycles. The second-order valence-electron chi connectivity index (χ2n) is 6.25. The largest absolute Gasteiger partial charge is 0.469 e. The number of sulfonamides is 1. The molecule has 2 heterocycles. The zero-order valence-electron chi connectivity index (χ0n) is 14.4. The van der Waals surface area contributed by atoms with Crippen LogP contribution in [-0.2, 0) is 33.7 Å². The van der Waals surface area contributed by atoms with Gasteiger partial charge in [0, 0.05) is 27.2 Å². The van der Waals surface area contributed by atoms with Crippen molar-refractivity contribution in [3.63, 3.8) is 0 Å². The Labute approximate surface area is 145 Å². The van der Waals surface area contributed by atoms with Crippen molar-refractivity contribution >= 4 is 27.0 Å². The highest BCUT2D eigenvalue weighted by atomic mass is 32.2. The summed E-state index contributed by atoms with van der Waals surface area (Å²) in [6.45, 7) is 0.543. The van der Waals surface area contributed by atoms with Crippen LogP contribution in [0.5, 0.6) is 0 Å².